The minimum absolute atomic E-state index is 0.0338. The van der Waals surface area contributed by atoms with Gasteiger partial charge in [0.25, 0.3) is 5.91 Å². The molecule has 17 heavy (non-hydrogen) atoms. The van der Waals surface area contributed by atoms with E-state index in [1.54, 1.807) is 30.3 Å². The minimum atomic E-state index is -0.0899. The highest BCUT2D eigenvalue weighted by atomic mass is 16.3. The molecular weight excluding hydrogens is 218 g/mol. The van der Waals surface area contributed by atoms with Crippen molar-refractivity contribution in [3.05, 3.63) is 23.9 Å². The Morgan fingerprint density at radius 2 is 2.29 bits per heavy atom. The number of pyridine rings is 1. The first-order valence-corrected chi connectivity index (χ1v) is 5.65. The number of carbonyl (C=O) groups is 1. The minimum Gasteiger partial charge on any atom is -0.395 e. The number of anilines is 1. The van der Waals surface area contributed by atoms with E-state index in [0.29, 0.717) is 17.9 Å². The second-order valence-electron chi connectivity index (χ2n) is 4.00. The molecule has 5 nitrogen and oxygen atoms in total. The Balaban J connectivity index is 2.92. The molecule has 0 spiro atoms. The monoisotopic (exact) mass is 237 g/mol. The number of aliphatic hydroxyl groups excluding tert-OH is 1. The number of hydrogen-bond donors (Lipinski definition) is 2. The van der Waals surface area contributed by atoms with Gasteiger partial charge in [-0.2, -0.15) is 0 Å². The summed E-state index contributed by atoms with van der Waals surface area (Å²) in [5.41, 5.74) is 0.575. The third-order valence-corrected chi connectivity index (χ3v) is 2.49. The van der Waals surface area contributed by atoms with Crippen molar-refractivity contribution in [3.63, 3.8) is 0 Å². The molecule has 1 amide bonds. The van der Waals surface area contributed by atoms with Crippen LogP contribution in [0.1, 0.15) is 24.2 Å². The summed E-state index contributed by atoms with van der Waals surface area (Å²) in [6, 6.07) is 3.44. The van der Waals surface area contributed by atoms with Crippen LogP contribution in [0.4, 0.5) is 5.82 Å². The van der Waals surface area contributed by atoms with Gasteiger partial charge in [-0.05, 0) is 26.0 Å². The van der Waals surface area contributed by atoms with Crippen molar-refractivity contribution in [2.24, 2.45) is 0 Å². The van der Waals surface area contributed by atoms with Gasteiger partial charge in [0.15, 0.2) is 0 Å². The Bertz CT molecular complexity index is 380. The Morgan fingerprint density at radius 1 is 1.59 bits per heavy atom. The second-order valence-corrected chi connectivity index (χ2v) is 4.00. The number of rotatable bonds is 5. The van der Waals surface area contributed by atoms with Crippen molar-refractivity contribution in [1.82, 2.24) is 9.88 Å². The molecule has 0 bridgehead atoms. The van der Waals surface area contributed by atoms with Gasteiger partial charge in [0.2, 0.25) is 0 Å². The molecule has 1 aromatic rings. The predicted octanol–water partition coefficient (Wildman–Crippen LogP) is 0.966. The summed E-state index contributed by atoms with van der Waals surface area (Å²) >= 11 is 0. The van der Waals surface area contributed by atoms with E-state index >= 15 is 0 Å². The van der Waals surface area contributed by atoms with Gasteiger partial charge in [-0.3, -0.25) is 4.79 Å². The molecule has 0 unspecified atom stereocenters. The molecule has 0 aliphatic carbocycles. The molecule has 1 heterocycles. The molecule has 1 rings (SSSR count). The van der Waals surface area contributed by atoms with Crippen molar-refractivity contribution in [2.75, 3.05) is 25.5 Å². The van der Waals surface area contributed by atoms with Crippen molar-refractivity contribution in [2.45, 2.75) is 19.9 Å². The lowest BCUT2D eigenvalue weighted by Gasteiger charge is -2.26. The van der Waals surface area contributed by atoms with Gasteiger partial charge in [0.05, 0.1) is 6.61 Å². The summed E-state index contributed by atoms with van der Waals surface area (Å²) < 4.78 is 0. The standard InChI is InChI=1S/C12H19N3O2/c1-9(2)15(6-7-16)12(17)10-4-5-14-11(8-10)13-3/h4-5,8-9,16H,6-7H2,1-3H3,(H,13,14). The van der Waals surface area contributed by atoms with Crippen LogP contribution in [0.15, 0.2) is 18.3 Å². The third-order valence-electron chi connectivity index (χ3n) is 2.49. The van der Waals surface area contributed by atoms with Crippen LogP contribution in [0.25, 0.3) is 0 Å². The molecule has 2 N–H and O–H groups in total. The van der Waals surface area contributed by atoms with Crippen molar-refractivity contribution >= 4 is 11.7 Å². The lowest BCUT2D eigenvalue weighted by atomic mass is 10.2. The average Bonchev–Trinajstić information content (AvgIpc) is 2.34. The maximum absolute atomic E-state index is 12.2. The van der Waals surface area contributed by atoms with Crippen molar-refractivity contribution in [1.29, 1.82) is 0 Å². The highest BCUT2D eigenvalue weighted by Crippen LogP contribution is 2.11. The van der Waals surface area contributed by atoms with E-state index < -0.39 is 0 Å². The SMILES string of the molecule is CNc1cc(C(=O)N(CCO)C(C)C)ccn1. The van der Waals surface area contributed by atoms with Crippen LogP contribution >= 0.6 is 0 Å². The second kappa shape index (κ2) is 6.20. The van der Waals surface area contributed by atoms with E-state index in [2.05, 4.69) is 10.3 Å². The molecule has 0 aliphatic rings. The topological polar surface area (TPSA) is 65.5 Å². The molecule has 0 aliphatic heterocycles. The van der Waals surface area contributed by atoms with Crippen molar-refractivity contribution < 1.29 is 9.90 Å². The molecule has 0 radical (unpaired) electrons. The lowest BCUT2D eigenvalue weighted by Crippen LogP contribution is -2.39. The van der Waals surface area contributed by atoms with Gasteiger partial charge < -0.3 is 15.3 Å². The molecular formula is C12H19N3O2. The number of carbonyl (C=O) groups excluding carboxylic acids is 1. The normalized spacial score (nSPS) is 10.4. The number of nitrogens with one attached hydrogen (secondary N) is 1. The van der Waals surface area contributed by atoms with Crippen LogP contribution in [0.5, 0.6) is 0 Å². The highest BCUT2D eigenvalue weighted by molar-refractivity contribution is 5.95. The maximum atomic E-state index is 12.2. The number of aromatic nitrogens is 1. The van der Waals surface area contributed by atoms with Crippen LogP contribution in [0, 0.1) is 0 Å². The molecule has 0 aromatic carbocycles. The van der Waals surface area contributed by atoms with E-state index in [0.717, 1.165) is 0 Å². The molecule has 0 fully saturated rings. The van der Waals surface area contributed by atoms with E-state index in [-0.39, 0.29) is 18.6 Å². The molecule has 0 atom stereocenters. The zero-order chi connectivity index (χ0) is 12.8. The number of hydrogen-bond acceptors (Lipinski definition) is 4. The van der Waals surface area contributed by atoms with Crippen LogP contribution in [-0.2, 0) is 0 Å². The fourth-order valence-corrected chi connectivity index (χ4v) is 1.57. The lowest BCUT2D eigenvalue weighted by molar-refractivity contribution is 0.0665. The van der Waals surface area contributed by atoms with Gasteiger partial charge >= 0.3 is 0 Å². The maximum Gasteiger partial charge on any atom is 0.254 e. The summed E-state index contributed by atoms with van der Waals surface area (Å²) in [5.74, 6) is 0.566. The molecule has 94 valence electrons. The Morgan fingerprint density at radius 3 is 2.82 bits per heavy atom. The summed E-state index contributed by atoms with van der Waals surface area (Å²) in [4.78, 5) is 17.9. The van der Waals surface area contributed by atoms with Crippen molar-refractivity contribution in [3.8, 4) is 0 Å². The van der Waals surface area contributed by atoms with E-state index in [1.807, 2.05) is 13.8 Å². The van der Waals surface area contributed by atoms with Crippen LogP contribution in [0.3, 0.4) is 0 Å². The number of aliphatic hydroxyl groups is 1. The van der Waals surface area contributed by atoms with E-state index in [1.165, 1.54) is 0 Å². The zero-order valence-electron chi connectivity index (χ0n) is 10.5. The molecule has 1 aromatic heterocycles. The number of nitrogens with zero attached hydrogens (tertiary/aromatic N) is 2. The Labute approximate surface area is 101 Å². The van der Waals surface area contributed by atoms with Crippen LogP contribution in [0.2, 0.25) is 0 Å². The highest BCUT2D eigenvalue weighted by Gasteiger charge is 2.18. The first kappa shape index (κ1) is 13.4. The van der Waals surface area contributed by atoms with Gasteiger partial charge in [0, 0.05) is 31.4 Å². The molecule has 5 heteroatoms. The van der Waals surface area contributed by atoms with E-state index in [9.17, 15) is 4.79 Å². The largest absolute Gasteiger partial charge is 0.395 e. The molecule has 0 saturated heterocycles. The first-order valence-electron chi connectivity index (χ1n) is 5.65. The zero-order valence-corrected chi connectivity index (χ0v) is 10.5. The third kappa shape index (κ3) is 3.42. The predicted molar refractivity (Wildman–Crippen MR) is 67.0 cm³/mol. The van der Waals surface area contributed by atoms with E-state index in [4.69, 9.17) is 5.11 Å². The Hall–Kier alpha value is -1.62. The van der Waals surface area contributed by atoms with Gasteiger partial charge in [0.1, 0.15) is 5.82 Å². The smallest absolute Gasteiger partial charge is 0.254 e. The molecule has 0 saturated carbocycles. The van der Waals surface area contributed by atoms with Crippen LogP contribution < -0.4 is 5.32 Å². The fourth-order valence-electron chi connectivity index (χ4n) is 1.57. The fraction of sp³-hybridized carbons (Fsp3) is 0.500. The summed E-state index contributed by atoms with van der Waals surface area (Å²) in [6.07, 6.45) is 1.59. The summed E-state index contributed by atoms with van der Waals surface area (Å²) in [6.45, 7) is 4.16. The summed E-state index contributed by atoms with van der Waals surface area (Å²) in [5, 5.41) is 11.9. The first-order chi connectivity index (χ1) is 8.10. The Kier molecular flexibility index (Phi) is 4.90. The van der Waals surface area contributed by atoms with Gasteiger partial charge in [-0.15, -0.1) is 0 Å². The quantitative estimate of drug-likeness (QED) is 0.800. The summed E-state index contributed by atoms with van der Waals surface area (Å²) in [7, 11) is 1.75. The van der Waals surface area contributed by atoms with Crippen LogP contribution in [-0.4, -0.2) is 47.1 Å². The van der Waals surface area contributed by atoms with Gasteiger partial charge in [-0.1, -0.05) is 0 Å². The average molecular weight is 237 g/mol. The number of amides is 1. The van der Waals surface area contributed by atoms with Gasteiger partial charge in [-0.25, -0.2) is 4.98 Å².